The van der Waals surface area contributed by atoms with E-state index >= 15 is 0 Å². The van der Waals surface area contributed by atoms with Gasteiger partial charge in [0.15, 0.2) is 0 Å². The van der Waals surface area contributed by atoms with Crippen LogP contribution in [0.4, 0.5) is 5.69 Å². The predicted molar refractivity (Wildman–Crippen MR) is 88.8 cm³/mol. The van der Waals surface area contributed by atoms with Gasteiger partial charge in [-0.25, -0.2) is 5.43 Å². The summed E-state index contributed by atoms with van der Waals surface area (Å²) in [4.78, 5) is 23.3. The van der Waals surface area contributed by atoms with Crippen molar-refractivity contribution >= 4 is 35.3 Å². The summed E-state index contributed by atoms with van der Waals surface area (Å²) in [5, 5.41) is 6.70. The number of hydrogen-bond acceptors (Lipinski definition) is 4. The normalized spacial score (nSPS) is 10.3. The molecule has 0 aliphatic rings. The second kappa shape index (κ2) is 7.95. The standard InChI is InChI=1S/C16H14ClN3O3/c1-23-14-4-2-3-11(9-14)10-18-20-16(22)15(21)19-13-7-5-12(17)6-8-13/h2-10H,1H3,(H,19,21)(H,20,22)/b18-10+. The van der Waals surface area contributed by atoms with Crippen LogP contribution in [0.25, 0.3) is 0 Å². The van der Waals surface area contributed by atoms with Crippen LogP contribution in [0.15, 0.2) is 53.6 Å². The van der Waals surface area contributed by atoms with Crippen molar-refractivity contribution < 1.29 is 14.3 Å². The monoisotopic (exact) mass is 331 g/mol. The number of nitrogens with zero attached hydrogens (tertiary/aromatic N) is 1. The average molecular weight is 332 g/mol. The van der Waals surface area contributed by atoms with Gasteiger partial charge in [0.25, 0.3) is 0 Å². The summed E-state index contributed by atoms with van der Waals surface area (Å²) < 4.78 is 5.07. The van der Waals surface area contributed by atoms with E-state index in [-0.39, 0.29) is 0 Å². The van der Waals surface area contributed by atoms with Gasteiger partial charge >= 0.3 is 11.8 Å². The average Bonchev–Trinajstić information content (AvgIpc) is 2.57. The number of ether oxygens (including phenoxy) is 1. The molecule has 0 unspecified atom stereocenters. The zero-order valence-electron chi connectivity index (χ0n) is 12.2. The summed E-state index contributed by atoms with van der Waals surface area (Å²) in [6.07, 6.45) is 1.41. The van der Waals surface area contributed by atoms with Crippen molar-refractivity contribution in [2.24, 2.45) is 5.10 Å². The minimum absolute atomic E-state index is 0.464. The summed E-state index contributed by atoms with van der Waals surface area (Å²) in [6.45, 7) is 0. The summed E-state index contributed by atoms with van der Waals surface area (Å²) in [5.41, 5.74) is 3.34. The molecule has 2 aromatic rings. The zero-order chi connectivity index (χ0) is 16.7. The molecule has 0 spiro atoms. The first-order valence-corrected chi connectivity index (χ1v) is 7.00. The van der Waals surface area contributed by atoms with Gasteiger partial charge < -0.3 is 10.1 Å². The van der Waals surface area contributed by atoms with Gasteiger partial charge in [0.05, 0.1) is 13.3 Å². The first kappa shape index (κ1) is 16.5. The lowest BCUT2D eigenvalue weighted by molar-refractivity contribution is -0.136. The van der Waals surface area contributed by atoms with Crippen LogP contribution in [-0.4, -0.2) is 25.1 Å². The van der Waals surface area contributed by atoms with Crippen molar-refractivity contribution in [1.82, 2.24) is 5.43 Å². The summed E-state index contributed by atoms with van der Waals surface area (Å²) in [7, 11) is 1.55. The largest absolute Gasteiger partial charge is 0.497 e. The molecule has 2 amide bonds. The molecule has 0 atom stereocenters. The predicted octanol–water partition coefficient (Wildman–Crippen LogP) is 2.44. The fourth-order valence-corrected chi connectivity index (χ4v) is 1.79. The van der Waals surface area contributed by atoms with Crippen molar-refractivity contribution in [3.05, 3.63) is 59.1 Å². The highest BCUT2D eigenvalue weighted by molar-refractivity contribution is 6.39. The number of carbonyl (C=O) groups is 2. The Morgan fingerprint density at radius 3 is 2.57 bits per heavy atom. The van der Waals surface area contributed by atoms with Gasteiger partial charge in [0.1, 0.15) is 5.75 Å². The molecule has 2 N–H and O–H groups in total. The lowest BCUT2D eigenvalue weighted by Crippen LogP contribution is -2.32. The SMILES string of the molecule is COc1cccc(/C=N/NC(=O)C(=O)Nc2ccc(Cl)cc2)c1. The third kappa shape index (κ3) is 5.12. The van der Waals surface area contributed by atoms with E-state index in [1.165, 1.54) is 6.21 Å². The number of halogens is 1. The second-order valence-electron chi connectivity index (χ2n) is 4.44. The Hall–Kier alpha value is -2.86. The Morgan fingerprint density at radius 1 is 1.13 bits per heavy atom. The smallest absolute Gasteiger partial charge is 0.329 e. The molecule has 0 aromatic heterocycles. The van der Waals surface area contributed by atoms with E-state index < -0.39 is 11.8 Å². The molecule has 118 valence electrons. The maximum atomic E-state index is 11.7. The molecule has 0 saturated heterocycles. The highest BCUT2D eigenvalue weighted by Crippen LogP contribution is 2.13. The quantitative estimate of drug-likeness (QED) is 0.513. The number of amides is 2. The zero-order valence-corrected chi connectivity index (χ0v) is 13.0. The minimum atomic E-state index is -0.876. The third-order valence-corrected chi connectivity index (χ3v) is 3.03. The fraction of sp³-hybridized carbons (Fsp3) is 0.0625. The van der Waals surface area contributed by atoms with Crippen molar-refractivity contribution in [3.8, 4) is 5.75 Å². The van der Waals surface area contributed by atoms with E-state index in [0.29, 0.717) is 16.5 Å². The van der Waals surface area contributed by atoms with E-state index in [1.54, 1.807) is 55.6 Å². The van der Waals surface area contributed by atoms with Gasteiger partial charge in [0.2, 0.25) is 0 Å². The molecule has 0 heterocycles. The maximum Gasteiger partial charge on any atom is 0.329 e. The number of anilines is 1. The van der Waals surface area contributed by atoms with E-state index in [0.717, 1.165) is 5.56 Å². The molecule has 0 bridgehead atoms. The number of carbonyl (C=O) groups excluding carboxylic acids is 2. The number of methoxy groups -OCH3 is 1. The minimum Gasteiger partial charge on any atom is -0.497 e. The number of hydrazone groups is 1. The van der Waals surface area contributed by atoms with Gasteiger partial charge in [-0.2, -0.15) is 5.10 Å². The lowest BCUT2D eigenvalue weighted by atomic mass is 10.2. The maximum absolute atomic E-state index is 11.7. The van der Waals surface area contributed by atoms with Crippen LogP contribution < -0.4 is 15.5 Å². The van der Waals surface area contributed by atoms with E-state index in [9.17, 15) is 9.59 Å². The van der Waals surface area contributed by atoms with Gasteiger partial charge in [-0.3, -0.25) is 9.59 Å². The van der Waals surface area contributed by atoms with Crippen molar-refractivity contribution in [2.75, 3.05) is 12.4 Å². The van der Waals surface area contributed by atoms with E-state index in [1.807, 2.05) is 0 Å². The van der Waals surface area contributed by atoms with E-state index in [2.05, 4.69) is 15.8 Å². The summed E-state index contributed by atoms with van der Waals surface area (Å²) in [6, 6.07) is 13.5. The Bertz CT molecular complexity index is 730. The summed E-state index contributed by atoms with van der Waals surface area (Å²) in [5.74, 6) is -1.03. The lowest BCUT2D eigenvalue weighted by Gasteiger charge is -2.04. The topological polar surface area (TPSA) is 79.8 Å². The summed E-state index contributed by atoms with van der Waals surface area (Å²) >= 11 is 5.74. The molecule has 0 fully saturated rings. The van der Waals surface area contributed by atoms with Crippen molar-refractivity contribution in [3.63, 3.8) is 0 Å². The molecule has 2 rings (SSSR count). The van der Waals surface area contributed by atoms with E-state index in [4.69, 9.17) is 16.3 Å². The molecule has 2 aromatic carbocycles. The van der Waals surface area contributed by atoms with Gasteiger partial charge in [-0.1, -0.05) is 23.7 Å². The molecule has 0 aliphatic heterocycles. The molecule has 7 heteroatoms. The Labute approximate surface area is 138 Å². The number of rotatable bonds is 4. The number of nitrogens with one attached hydrogen (secondary N) is 2. The Balaban J connectivity index is 1.89. The highest BCUT2D eigenvalue weighted by Gasteiger charge is 2.12. The molecule has 0 saturated carbocycles. The Kier molecular flexibility index (Phi) is 5.71. The van der Waals surface area contributed by atoms with Crippen molar-refractivity contribution in [1.29, 1.82) is 0 Å². The van der Waals surface area contributed by atoms with Crippen LogP contribution in [-0.2, 0) is 9.59 Å². The second-order valence-corrected chi connectivity index (χ2v) is 4.87. The van der Waals surface area contributed by atoms with Crippen LogP contribution in [0.3, 0.4) is 0 Å². The third-order valence-electron chi connectivity index (χ3n) is 2.78. The van der Waals surface area contributed by atoms with Crippen LogP contribution in [0.2, 0.25) is 5.02 Å². The number of benzene rings is 2. The van der Waals surface area contributed by atoms with Crippen molar-refractivity contribution in [2.45, 2.75) is 0 Å². The molecule has 0 aliphatic carbocycles. The Morgan fingerprint density at radius 2 is 1.87 bits per heavy atom. The van der Waals surface area contributed by atoms with Crippen LogP contribution in [0.5, 0.6) is 5.75 Å². The van der Waals surface area contributed by atoms with Crippen LogP contribution in [0, 0.1) is 0 Å². The molecule has 23 heavy (non-hydrogen) atoms. The first-order valence-electron chi connectivity index (χ1n) is 6.62. The fourth-order valence-electron chi connectivity index (χ4n) is 1.66. The van der Waals surface area contributed by atoms with Crippen LogP contribution in [0.1, 0.15) is 5.56 Å². The molecule has 0 radical (unpaired) electrons. The van der Waals surface area contributed by atoms with Crippen LogP contribution >= 0.6 is 11.6 Å². The molecule has 6 nitrogen and oxygen atoms in total. The molecular weight excluding hydrogens is 318 g/mol. The van der Waals surface area contributed by atoms with Gasteiger partial charge in [-0.05, 0) is 42.0 Å². The molecular formula is C16H14ClN3O3. The van der Waals surface area contributed by atoms with Gasteiger partial charge in [0, 0.05) is 10.7 Å². The number of hydrogen-bond donors (Lipinski definition) is 2. The highest BCUT2D eigenvalue weighted by atomic mass is 35.5. The van der Waals surface area contributed by atoms with Gasteiger partial charge in [-0.15, -0.1) is 0 Å². The first-order chi connectivity index (χ1) is 11.1.